The van der Waals surface area contributed by atoms with Crippen molar-refractivity contribution >= 4 is 44.9 Å². The molecule has 1 aliphatic rings. The number of carbonyl (C=O) groups is 1. The molecule has 5 aromatic heterocycles. The van der Waals surface area contributed by atoms with Crippen LogP contribution in [0.15, 0.2) is 60.4 Å². The van der Waals surface area contributed by atoms with E-state index < -0.39 is 5.82 Å². The maximum Gasteiger partial charge on any atom is 0.227 e. The summed E-state index contributed by atoms with van der Waals surface area (Å²) in [5, 5.41) is 12.5. The lowest BCUT2D eigenvalue weighted by molar-refractivity contribution is -0.120. The van der Waals surface area contributed by atoms with Gasteiger partial charge in [0.1, 0.15) is 11.4 Å². The maximum atomic E-state index is 16.1. The quantitative estimate of drug-likeness (QED) is 0.220. The fraction of sp³-hybridized carbons (Fsp3) is 0.207. The third-order valence-corrected chi connectivity index (χ3v) is 8.23. The monoisotopic (exact) mass is 537 g/mol. The van der Waals surface area contributed by atoms with Gasteiger partial charge in [-0.05, 0) is 36.4 Å². The van der Waals surface area contributed by atoms with Crippen molar-refractivity contribution in [1.82, 2.24) is 30.1 Å². The molecular formula is C29H24FN7OS. The molecule has 0 spiro atoms. The minimum Gasteiger partial charge on any atom is -0.337 e. The highest BCUT2D eigenvalue weighted by Gasteiger charge is 2.23. The molecule has 1 fully saturated rings. The number of benzene rings is 1. The van der Waals surface area contributed by atoms with Gasteiger partial charge in [-0.25, -0.2) is 9.37 Å². The van der Waals surface area contributed by atoms with Crippen molar-refractivity contribution in [3.05, 3.63) is 66.2 Å². The number of hydrogen-bond donors (Lipinski definition) is 3. The van der Waals surface area contributed by atoms with Gasteiger partial charge in [-0.2, -0.15) is 5.10 Å². The van der Waals surface area contributed by atoms with Gasteiger partial charge in [0, 0.05) is 28.1 Å². The number of amides is 1. The Labute approximate surface area is 226 Å². The second-order valence-corrected chi connectivity index (χ2v) is 10.8. The van der Waals surface area contributed by atoms with E-state index in [2.05, 4.69) is 36.5 Å². The molecule has 0 saturated heterocycles. The number of pyridine rings is 2. The predicted octanol–water partition coefficient (Wildman–Crippen LogP) is 6.95. The number of rotatable bonds is 5. The second-order valence-electron chi connectivity index (χ2n) is 9.83. The lowest BCUT2D eigenvalue weighted by Crippen LogP contribution is -2.24. The van der Waals surface area contributed by atoms with Gasteiger partial charge in [-0.3, -0.25) is 19.9 Å². The van der Waals surface area contributed by atoms with Gasteiger partial charge in [0.2, 0.25) is 5.91 Å². The largest absolute Gasteiger partial charge is 0.337 e. The van der Waals surface area contributed by atoms with Crippen molar-refractivity contribution in [3.8, 4) is 33.2 Å². The Morgan fingerprint density at radius 1 is 1.03 bits per heavy atom. The molecule has 5 heterocycles. The number of nitrogens with zero attached hydrogens (tertiary/aromatic N) is 4. The number of H-pyrrole nitrogens is 2. The molecule has 0 aliphatic heterocycles. The Bertz CT molecular complexity index is 1820. The van der Waals surface area contributed by atoms with Crippen molar-refractivity contribution in [1.29, 1.82) is 0 Å². The van der Waals surface area contributed by atoms with Gasteiger partial charge < -0.3 is 10.3 Å². The van der Waals surface area contributed by atoms with Crippen LogP contribution in [0.5, 0.6) is 0 Å². The van der Waals surface area contributed by atoms with Gasteiger partial charge >= 0.3 is 0 Å². The number of aromatic amines is 2. The standard InChI is InChI=1S/C29H24FN7OS/c30-24-23-21(15-32-25(24)17-12-18(14-31-13-17)33-29(38)16-6-2-1-3-7-16)36-37-27(23)28-34-20-9-4-8-19(26(20)35-28)22-10-5-11-39-22/h4-5,8-16H,1-3,6-7H2,(H,33,38)(H,34,35)(H,36,37). The molecule has 194 valence electrons. The molecule has 1 aliphatic carbocycles. The molecule has 7 rings (SSSR count). The number of nitrogens with one attached hydrogen (secondary N) is 3. The van der Waals surface area contributed by atoms with Crippen LogP contribution >= 0.6 is 11.3 Å². The van der Waals surface area contributed by atoms with Gasteiger partial charge in [0.15, 0.2) is 11.6 Å². The number of carbonyl (C=O) groups excluding carboxylic acids is 1. The number of fused-ring (bicyclic) bond motifs is 2. The average molecular weight is 538 g/mol. The van der Waals surface area contributed by atoms with Gasteiger partial charge in [-0.15, -0.1) is 11.3 Å². The Morgan fingerprint density at radius 2 is 1.92 bits per heavy atom. The summed E-state index contributed by atoms with van der Waals surface area (Å²) in [6.07, 6.45) is 9.77. The molecule has 39 heavy (non-hydrogen) atoms. The van der Waals surface area contributed by atoms with Crippen molar-refractivity contribution in [2.75, 3.05) is 5.32 Å². The highest BCUT2D eigenvalue weighted by molar-refractivity contribution is 7.13. The lowest BCUT2D eigenvalue weighted by atomic mass is 9.88. The third kappa shape index (κ3) is 4.26. The predicted molar refractivity (Wildman–Crippen MR) is 151 cm³/mol. The van der Waals surface area contributed by atoms with Crippen LogP contribution in [0.3, 0.4) is 0 Å². The van der Waals surface area contributed by atoms with Crippen LogP contribution in [0.1, 0.15) is 32.1 Å². The highest BCUT2D eigenvalue weighted by atomic mass is 32.1. The van der Waals surface area contributed by atoms with E-state index in [4.69, 9.17) is 4.98 Å². The molecule has 0 atom stereocenters. The van der Waals surface area contributed by atoms with E-state index in [0.29, 0.717) is 28.3 Å². The maximum absolute atomic E-state index is 16.1. The van der Waals surface area contributed by atoms with E-state index in [-0.39, 0.29) is 22.9 Å². The van der Waals surface area contributed by atoms with Crippen LogP contribution in [0.2, 0.25) is 0 Å². The summed E-state index contributed by atoms with van der Waals surface area (Å²) in [7, 11) is 0. The summed E-state index contributed by atoms with van der Waals surface area (Å²) in [5.74, 6) is -0.0802. The number of hydrogen-bond acceptors (Lipinski definition) is 6. The zero-order chi connectivity index (χ0) is 26.3. The fourth-order valence-corrected chi connectivity index (χ4v) is 6.12. The Kier molecular flexibility index (Phi) is 5.89. The van der Waals surface area contributed by atoms with E-state index in [0.717, 1.165) is 47.2 Å². The normalized spacial score (nSPS) is 14.3. The first-order valence-electron chi connectivity index (χ1n) is 13.0. The molecular weight excluding hydrogens is 513 g/mol. The van der Waals surface area contributed by atoms with E-state index in [1.165, 1.54) is 6.42 Å². The topological polar surface area (TPSA) is 112 Å². The summed E-state index contributed by atoms with van der Waals surface area (Å²) in [5.41, 5.74) is 4.59. The first kappa shape index (κ1) is 23.7. The van der Waals surface area contributed by atoms with Crippen molar-refractivity contribution in [2.45, 2.75) is 32.1 Å². The number of imidazole rings is 1. The SMILES string of the molecule is O=C(Nc1cncc(-c2ncc3[nH]nc(-c4nc5c(-c6cccs6)cccc5[nH]4)c3c2F)c1)C1CCCCC1. The summed E-state index contributed by atoms with van der Waals surface area (Å²) in [4.78, 5) is 30.6. The van der Waals surface area contributed by atoms with Crippen molar-refractivity contribution in [2.24, 2.45) is 5.92 Å². The van der Waals surface area contributed by atoms with E-state index in [1.54, 1.807) is 36.0 Å². The van der Waals surface area contributed by atoms with E-state index >= 15 is 4.39 Å². The summed E-state index contributed by atoms with van der Waals surface area (Å²) < 4.78 is 16.1. The minimum atomic E-state index is -0.534. The molecule has 8 nitrogen and oxygen atoms in total. The number of thiophene rings is 1. The molecule has 10 heteroatoms. The number of anilines is 1. The lowest BCUT2D eigenvalue weighted by Gasteiger charge is -2.20. The van der Waals surface area contributed by atoms with Crippen LogP contribution < -0.4 is 5.32 Å². The molecule has 0 bridgehead atoms. The van der Waals surface area contributed by atoms with Crippen molar-refractivity contribution < 1.29 is 9.18 Å². The molecule has 6 aromatic rings. The van der Waals surface area contributed by atoms with Crippen LogP contribution in [0, 0.1) is 11.7 Å². The highest BCUT2D eigenvalue weighted by Crippen LogP contribution is 2.36. The Hall–Kier alpha value is -4.44. The molecule has 0 radical (unpaired) electrons. The molecule has 1 aromatic carbocycles. The second kappa shape index (κ2) is 9.70. The smallest absolute Gasteiger partial charge is 0.227 e. The fourth-order valence-electron chi connectivity index (χ4n) is 5.37. The third-order valence-electron chi connectivity index (χ3n) is 7.32. The van der Waals surface area contributed by atoms with Gasteiger partial charge in [-0.1, -0.05) is 37.5 Å². The summed E-state index contributed by atoms with van der Waals surface area (Å²) in [6.45, 7) is 0. The zero-order valence-corrected chi connectivity index (χ0v) is 21.7. The van der Waals surface area contributed by atoms with Crippen LogP contribution in [-0.2, 0) is 4.79 Å². The van der Waals surface area contributed by atoms with Crippen molar-refractivity contribution in [3.63, 3.8) is 0 Å². The Morgan fingerprint density at radius 3 is 2.77 bits per heavy atom. The summed E-state index contributed by atoms with van der Waals surface area (Å²) in [6, 6.07) is 11.7. The van der Waals surface area contributed by atoms with Gasteiger partial charge in [0.25, 0.3) is 0 Å². The number of aromatic nitrogens is 6. The molecule has 1 amide bonds. The number of para-hydroxylation sites is 1. The first-order valence-corrected chi connectivity index (χ1v) is 13.9. The van der Waals surface area contributed by atoms with Gasteiger partial charge in [0.05, 0.1) is 40.0 Å². The average Bonchev–Trinajstić information content (AvgIpc) is 3.73. The Balaban J connectivity index is 1.26. The minimum absolute atomic E-state index is 0.00578. The van der Waals surface area contributed by atoms with E-state index in [9.17, 15) is 4.79 Å². The van der Waals surface area contributed by atoms with Crippen LogP contribution in [0.4, 0.5) is 10.1 Å². The molecule has 0 unspecified atom stereocenters. The zero-order valence-electron chi connectivity index (χ0n) is 20.9. The van der Waals surface area contributed by atoms with Crippen LogP contribution in [-0.4, -0.2) is 36.0 Å². The van der Waals surface area contributed by atoms with E-state index in [1.807, 2.05) is 29.6 Å². The summed E-state index contributed by atoms with van der Waals surface area (Å²) >= 11 is 1.64. The molecule has 1 saturated carbocycles. The van der Waals surface area contributed by atoms with Crippen LogP contribution in [0.25, 0.3) is 55.2 Å². The first-order chi connectivity index (χ1) is 19.2. The number of halogens is 1. The molecule has 3 N–H and O–H groups in total.